The zero-order valence-electron chi connectivity index (χ0n) is 15.6. The van der Waals surface area contributed by atoms with Crippen molar-refractivity contribution >= 4 is 22.5 Å². The molecule has 152 valence electrons. The van der Waals surface area contributed by atoms with Crippen molar-refractivity contribution in [1.82, 2.24) is 14.8 Å². The zero-order valence-corrected chi connectivity index (χ0v) is 15.6. The van der Waals surface area contributed by atoms with Crippen LogP contribution in [-0.4, -0.2) is 27.8 Å². The SMILES string of the molecule is COc1ccc(-n2ncc3c(NC(=O)c4ccccc4C(F)(F)F)cccc32)cn1. The summed E-state index contributed by atoms with van der Waals surface area (Å²) in [7, 11) is 1.51. The Kier molecular flexibility index (Phi) is 4.86. The van der Waals surface area contributed by atoms with E-state index in [2.05, 4.69) is 15.4 Å². The lowest BCUT2D eigenvalue weighted by Gasteiger charge is -2.13. The number of methoxy groups -OCH3 is 1. The number of pyridine rings is 1. The smallest absolute Gasteiger partial charge is 0.417 e. The molecule has 0 unspecified atom stereocenters. The number of alkyl halides is 3. The van der Waals surface area contributed by atoms with E-state index in [0.29, 0.717) is 28.2 Å². The molecule has 0 saturated heterocycles. The second-order valence-electron chi connectivity index (χ2n) is 6.35. The molecule has 0 aliphatic carbocycles. The van der Waals surface area contributed by atoms with Gasteiger partial charge in [0.15, 0.2) is 0 Å². The first-order chi connectivity index (χ1) is 14.4. The quantitative estimate of drug-likeness (QED) is 0.528. The van der Waals surface area contributed by atoms with Crippen LogP contribution in [0.15, 0.2) is 67.0 Å². The maximum Gasteiger partial charge on any atom is 0.417 e. The molecule has 0 spiro atoms. The van der Waals surface area contributed by atoms with Crippen molar-refractivity contribution < 1.29 is 22.7 Å². The Labute approximate surface area is 168 Å². The summed E-state index contributed by atoms with van der Waals surface area (Å²) in [5, 5.41) is 7.47. The van der Waals surface area contributed by atoms with Crippen LogP contribution in [0.1, 0.15) is 15.9 Å². The van der Waals surface area contributed by atoms with Gasteiger partial charge in [0, 0.05) is 11.5 Å². The van der Waals surface area contributed by atoms with Crippen LogP contribution in [0.5, 0.6) is 5.88 Å². The van der Waals surface area contributed by atoms with Crippen LogP contribution < -0.4 is 10.1 Å². The number of carbonyl (C=O) groups is 1. The second-order valence-corrected chi connectivity index (χ2v) is 6.35. The molecular weight excluding hydrogens is 397 g/mol. The fourth-order valence-electron chi connectivity index (χ4n) is 3.10. The van der Waals surface area contributed by atoms with Crippen LogP contribution in [-0.2, 0) is 6.18 Å². The van der Waals surface area contributed by atoms with E-state index in [-0.39, 0.29) is 0 Å². The predicted molar refractivity (Wildman–Crippen MR) is 105 cm³/mol. The molecule has 4 aromatic rings. The maximum atomic E-state index is 13.2. The van der Waals surface area contributed by atoms with Gasteiger partial charge in [0.1, 0.15) is 0 Å². The maximum absolute atomic E-state index is 13.2. The Morgan fingerprint density at radius 2 is 1.83 bits per heavy atom. The summed E-state index contributed by atoms with van der Waals surface area (Å²) in [5.74, 6) is -0.402. The molecule has 1 N–H and O–H groups in total. The van der Waals surface area contributed by atoms with Crippen molar-refractivity contribution in [3.05, 3.63) is 78.1 Å². The number of rotatable bonds is 4. The molecule has 0 atom stereocenters. The first-order valence-electron chi connectivity index (χ1n) is 8.83. The Hall–Kier alpha value is -3.88. The van der Waals surface area contributed by atoms with Gasteiger partial charge in [-0.1, -0.05) is 18.2 Å². The number of hydrogen-bond acceptors (Lipinski definition) is 4. The number of nitrogens with zero attached hydrogens (tertiary/aromatic N) is 3. The number of nitrogens with one attached hydrogen (secondary N) is 1. The van der Waals surface area contributed by atoms with Crippen molar-refractivity contribution in [1.29, 1.82) is 0 Å². The molecule has 2 heterocycles. The molecule has 4 rings (SSSR count). The van der Waals surface area contributed by atoms with Crippen molar-refractivity contribution in [3.63, 3.8) is 0 Å². The summed E-state index contributed by atoms with van der Waals surface area (Å²) >= 11 is 0. The van der Waals surface area contributed by atoms with Gasteiger partial charge < -0.3 is 10.1 Å². The molecule has 0 aliphatic heterocycles. The van der Waals surface area contributed by atoms with Crippen molar-refractivity contribution in [2.75, 3.05) is 12.4 Å². The molecule has 6 nitrogen and oxygen atoms in total. The standard InChI is InChI=1S/C21H15F3N4O2/c1-30-19-10-9-13(11-25-19)28-18-8-4-7-17(15(18)12-26-28)27-20(29)14-5-2-3-6-16(14)21(22,23)24/h2-12H,1H3,(H,27,29). The summed E-state index contributed by atoms with van der Waals surface area (Å²) in [6, 6.07) is 13.2. The first kappa shape index (κ1) is 19.4. The Morgan fingerprint density at radius 1 is 1.03 bits per heavy atom. The van der Waals surface area contributed by atoms with Gasteiger partial charge in [0.25, 0.3) is 5.91 Å². The van der Waals surface area contributed by atoms with Crippen LogP contribution in [0.25, 0.3) is 16.6 Å². The monoisotopic (exact) mass is 412 g/mol. The molecule has 0 saturated carbocycles. The molecule has 0 aliphatic rings. The van der Waals surface area contributed by atoms with Crippen molar-refractivity contribution in [2.24, 2.45) is 0 Å². The van der Waals surface area contributed by atoms with Gasteiger partial charge >= 0.3 is 6.18 Å². The van der Waals surface area contributed by atoms with Crippen LogP contribution in [0.4, 0.5) is 18.9 Å². The number of hydrogen-bond donors (Lipinski definition) is 1. The average molecular weight is 412 g/mol. The molecule has 2 aromatic heterocycles. The highest BCUT2D eigenvalue weighted by Gasteiger charge is 2.34. The topological polar surface area (TPSA) is 69.0 Å². The lowest BCUT2D eigenvalue weighted by atomic mass is 10.1. The molecule has 0 radical (unpaired) electrons. The Bertz CT molecular complexity index is 1220. The summed E-state index contributed by atoms with van der Waals surface area (Å²) < 4.78 is 46.4. The Balaban J connectivity index is 1.70. The van der Waals surface area contributed by atoms with Crippen molar-refractivity contribution in [3.8, 4) is 11.6 Å². The van der Waals surface area contributed by atoms with Gasteiger partial charge in [0.05, 0.1) is 47.5 Å². The normalized spacial score (nSPS) is 11.5. The van der Waals surface area contributed by atoms with E-state index in [1.807, 2.05) is 0 Å². The number of carbonyl (C=O) groups excluding carboxylic acids is 1. The first-order valence-corrected chi connectivity index (χ1v) is 8.83. The number of benzene rings is 2. The number of anilines is 1. The zero-order chi connectivity index (χ0) is 21.3. The van der Waals surface area contributed by atoms with E-state index >= 15 is 0 Å². The van der Waals surface area contributed by atoms with Crippen molar-refractivity contribution in [2.45, 2.75) is 6.18 Å². The van der Waals surface area contributed by atoms with Crippen LogP contribution >= 0.6 is 0 Å². The minimum absolute atomic E-state index is 0.349. The summed E-state index contributed by atoms with van der Waals surface area (Å²) in [5.41, 5.74) is 0.228. The lowest BCUT2D eigenvalue weighted by Crippen LogP contribution is -2.18. The molecular formula is C21H15F3N4O2. The molecule has 1 amide bonds. The highest BCUT2D eigenvalue weighted by molar-refractivity contribution is 6.09. The van der Waals surface area contributed by atoms with E-state index in [9.17, 15) is 18.0 Å². The molecule has 9 heteroatoms. The van der Waals surface area contributed by atoms with E-state index in [1.54, 1.807) is 41.2 Å². The number of fused-ring (bicyclic) bond motifs is 1. The molecule has 2 aromatic carbocycles. The van der Waals surface area contributed by atoms with E-state index < -0.39 is 23.2 Å². The largest absolute Gasteiger partial charge is 0.481 e. The Morgan fingerprint density at radius 3 is 2.53 bits per heavy atom. The lowest BCUT2D eigenvalue weighted by molar-refractivity contribution is -0.137. The van der Waals surface area contributed by atoms with Gasteiger partial charge in [-0.25, -0.2) is 9.67 Å². The summed E-state index contributed by atoms with van der Waals surface area (Å²) in [6.07, 6.45) is -1.52. The van der Waals surface area contributed by atoms with Crippen LogP contribution in [0, 0.1) is 0 Å². The number of amides is 1. The summed E-state index contributed by atoms with van der Waals surface area (Å²) in [4.78, 5) is 16.8. The number of aromatic nitrogens is 3. The van der Waals surface area contributed by atoms with E-state index in [0.717, 1.165) is 12.1 Å². The minimum atomic E-state index is -4.63. The van der Waals surface area contributed by atoms with Gasteiger partial charge in [-0.15, -0.1) is 0 Å². The van der Waals surface area contributed by atoms with Gasteiger partial charge in [-0.05, 0) is 30.3 Å². The third kappa shape index (κ3) is 3.57. The fourth-order valence-corrected chi connectivity index (χ4v) is 3.10. The second kappa shape index (κ2) is 7.51. The number of ether oxygens (including phenoxy) is 1. The molecule has 0 bridgehead atoms. The predicted octanol–water partition coefficient (Wildman–Crippen LogP) is 4.70. The van der Waals surface area contributed by atoms with E-state index in [1.165, 1.54) is 25.4 Å². The van der Waals surface area contributed by atoms with E-state index in [4.69, 9.17) is 4.74 Å². The highest BCUT2D eigenvalue weighted by Crippen LogP contribution is 2.33. The average Bonchev–Trinajstić information content (AvgIpc) is 3.18. The molecule has 0 fully saturated rings. The van der Waals surface area contributed by atoms with Crippen LogP contribution in [0.2, 0.25) is 0 Å². The third-order valence-corrected chi connectivity index (χ3v) is 4.51. The van der Waals surface area contributed by atoms with Gasteiger partial charge in [0.2, 0.25) is 5.88 Å². The minimum Gasteiger partial charge on any atom is -0.481 e. The number of halogens is 3. The van der Waals surface area contributed by atoms with Crippen LogP contribution in [0.3, 0.4) is 0 Å². The fraction of sp³-hybridized carbons (Fsp3) is 0.0952. The van der Waals surface area contributed by atoms with Gasteiger partial charge in [-0.2, -0.15) is 18.3 Å². The van der Waals surface area contributed by atoms with Gasteiger partial charge in [-0.3, -0.25) is 4.79 Å². The highest BCUT2D eigenvalue weighted by atomic mass is 19.4. The summed E-state index contributed by atoms with van der Waals surface area (Å²) in [6.45, 7) is 0. The molecule has 30 heavy (non-hydrogen) atoms. The third-order valence-electron chi connectivity index (χ3n) is 4.51.